The van der Waals surface area contributed by atoms with Crippen molar-refractivity contribution < 1.29 is 9.47 Å². The lowest BCUT2D eigenvalue weighted by atomic mass is 10.1. The van der Waals surface area contributed by atoms with E-state index < -0.39 is 0 Å². The molecule has 1 aromatic rings. The summed E-state index contributed by atoms with van der Waals surface area (Å²) in [6.45, 7) is 3.18. The van der Waals surface area contributed by atoms with Crippen LogP contribution >= 0.6 is 15.9 Å². The molecule has 1 aliphatic heterocycles. The molecule has 0 aliphatic carbocycles. The summed E-state index contributed by atoms with van der Waals surface area (Å²) in [6, 6.07) is 7.86. The number of hydrogen-bond donors (Lipinski definition) is 1. The maximum absolute atomic E-state index is 9.07. The van der Waals surface area contributed by atoms with Crippen LogP contribution in [-0.4, -0.2) is 32.5 Å². The van der Waals surface area contributed by atoms with Gasteiger partial charge >= 0.3 is 0 Å². The van der Waals surface area contributed by atoms with E-state index in [2.05, 4.69) is 27.3 Å². The quantitative estimate of drug-likeness (QED) is 0.808. The summed E-state index contributed by atoms with van der Waals surface area (Å²) in [5.74, 6) is 0. The van der Waals surface area contributed by atoms with Crippen molar-refractivity contribution in [2.45, 2.75) is 25.4 Å². The van der Waals surface area contributed by atoms with E-state index in [1.54, 1.807) is 0 Å². The van der Waals surface area contributed by atoms with E-state index in [1.807, 2.05) is 18.2 Å². The summed E-state index contributed by atoms with van der Waals surface area (Å²) in [7, 11) is 0. The molecule has 108 valence electrons. The van der Waals surface area contributed by atoms with Crippen molar-refractivity contribution in [1.29, 1.82) is 5.26 Å². The van der Waals surface area contributed by atoms with Gasteiger partial charge in [0, 0.05) is 30.8 Å². The Morgan fingerprint density at radius 3 is 2.95 bits per heavy atom. The van der Waals surface area contributed by atoms with E-state index >= 15 is 0 Å². The van der Waals surface area contributed by atoms with Crippen molar-refractivity contribution in [3.8, 4) is 6.07 Å². The van der Waals surface area contributed by atoms with Crippen LogP contribution in [0.15, 0.2) is 22.7 Å². The highest BCUT2D eigenvalue weighted by Gasteiger charge is 2.13. The maximum atomic E-state index is 9.07. The first-order valence-electron chi connectivity index (χ1n) is 6.92. The molecule has 1 aromatic carbocycles. The van der Waals surface area contributed by atoms with E-state index in [1.165, 1.54) is 0 Å². The number of nitriles is 1. The van der Waals surface area contributed by atoms with Crippen LogP contribution in [0.3, 0.4) is 0 Å². The van der Waals surface area contributed by atoms with Gasteiger partial charge in [-0.1, -0.05) is 15.9 Å². The fourth-order valence-corrected chi connectivity index (χ4v) is 2.51. The van der Waals surface area contributed by atoms with Gasteiger partial charge in [0.25, 0.3) is 0 Å². The minimum Gasteiger partial charge on any atom is -0.384 e. The van der Waals surface area contributed by atoms with Crippen molar-refractivity contribution in [2.75, 3.05) is 31.7 Å². The number of nitrogens with one attached hydrogen (secondary N) is 1. The highest BCUT2D eigenvalue weighted by Crippen LogP contribution is 2.20. The topological polar surface area (TPSA) is 54.3 Å². The lowest BCUT2D eigenvalue weighted by Crippen LogP contribution is -2.24. The number of halogens is 1. The third-order valence-electron chi connectivity index (χ3n) is 3.26. The van der Waals surface area contributed by atoms with Crippen LogP contribution in [0.5, 0.6) is 0 Å². The number of benzene rings is 1. The number of ether oxygens (including phenoxy) is 2. The number of anilines is 1. The summed E-state index contributed by atoms with van der Waals surface area (Å²) < 4.78 is 12.0. The summed E-state index contributed by atoms with van der Waals surface area (Å²) in [4.78, 5) is 0. The third-order valence-corrected chi connectivity index (χ3v) is 3.75. The highest BCUT2D eigenvalue weighted by molar-refractivity contribution is 9.10. The lowest BCUT2D eigenvalue weighted by molar-refractivity contribution is -0.0316. The Morgan fingerprint density at radius 2 is 2.20 bits per heavy atom. The Morgan fingerprint density at radius 1 is 1.40 bits per heavy atom. The second-order valence-electron chi connectivity index (χ2n) is 4.76. The van der Waals surface area contributed by atoms with Gasteiger partial charge in [-0.25, -0.2) is 0 Å². The molecule has 0 spiro atoms. The van der Waals surface area contributed by atoms with E-state index in [4.69, 9.17) is 14.7 Å². The van der Waals surface area contributed by atoms with E-state index in [0.717, 1.165) is 55.8 Å². The van der Waals surface area contributed by atoms with Gasteiger partial charge in [0.1, 0.15) is 6.07 Å². The monoisotopic (exact) mass is 338 g/mol. The summed E-state index contributed by atoms with van der Waals surface area (Å²) >= 11 is 3.37. The van der Waals surface area contributed by atoms with Gasteiger partial charge in [0.15, 0.2) is 0 Å². The molecular weight excluding hydrogens is 320 g/mol. The maximum Gasteiger partial charge on any atom is 0.101 e. The first-order chi connectivity index (χ1) is 9.79. The molecule has 0 amide bonds. The Bertz CT molecular complexity index is 467. The van der Waals surface area contributed by atoms with Gasteiger partial charge in [0.05, 0.1) is 17.4 Å². The summed E-state index contributed by atoms with van der Waals surface area (Å²) in [6.07, 6.45) is 3.28. The smallest absolute Gasteiger partial charge is 0.101 e. The molecule has 0 saturated carbocycles. The Labute approximate surface area is 128 Å². The van der Waals surface area contributed by atoms with Crippen molar-refractivity contribution in [2.24, 2.45) is 0 Å². The predicted octanol–water partition coefficient (Wildman–Crippen LogP) is 3.32. The molecule has 1 fully saturated rings. The fourth-order valence-electron chi connectivity index (χ4n) is 2.15. The number of rotatable bonds is 6. The predicted molar refractivity (Wildman–Crippen MR) is 81.8 cm³/mol. The molecule has 1 saturated heterocycles. The lowest BCUT2D eigenvalue weighted by Gasteiger charge is -2.22. The van der Waals surface area contributed by atoms with Gasteiger partial charge in [-0.3, -0.25) is 0 Å². The van der Waals surface area contributed by atoms with Crippen LogP contribution in [0.25, 0.3) is 0 Å². The fraction of sp³-hybridized carbons (Fsp3) is 0.533. The molecule has 5 heteroatoms. The molecule has 0 radical (unpaired) electrons. The van der Waals surface area contributed by atoms with Gasteiger partial charge < -0.3 is 14.8 Å². The zero-order valence-electron chi connectivity index (χ0n) is 11.4. The molecule has 20 heavy (non-hydrogen) atoms. The molecule has 1 heterocycles. The van der Waals surface area contributed by atoms with Crippen molar-refractivity contribution in [3.63, 3.8) is 0 Å². The summed E-state index contributed by atoms with van der Waals surface area (Å²) in [5, 5.41) is 12.3. The molecule has 0 aromatic heterocycles. The number of hydrogen-bond acceptors (Lipinski definition) is 4. The number of nitrogens with zero attached hydrogens (tertiary/aromatic N) is 1. The van der Waals surface area contributed by atoms with Crippen molar-refractivity contribution in [1.82, 2.24) is 0 Å². The van der Waals surface area contributed by atoms with Gasteiger partial charge in [0.2, 0.25) is 0 Å². The van der Waals surface area contributed by atoms with Crippen LogP contribution in [0.2, 0.25) is 0 Å². The van der Waals surface area contributed by atoms with E-state index in [9.17, 15) is 0 Å². The minimum absolute atomic E-state index is 0.353. The highest BCUT2D eigenvalue weighted by atomic mass is 79.9. The Balaban J connectivity index is 1.67. The molecule has 4 nitrogen and oxygen atoms in total. The van der Waals surface area contributed by atoms with Gasteiger partial charge in [-0.2, -0.15) is 5.26 Å². The van der Waals surface area contributed by atoms with Gasteiger partial charge in [-0.15, -0.1) is 0 Å². The Hall–Kier alpha value is -1.09. The Kier molecular flexibility index (Phi) is 6.31. The van der Waals surface area contributed by atoms with Crippen molar-refractivity contribution >= 4 is 21.6 Å². The molecule has 0 atom stereocenters. The van der Waals surface area contributed by atoms with Crippen LogP contribution in [0.4, 0.5) is 5.69 Å². The zero-order valence-corrected chi connectivity index (χ0v) is 13.0. The SMILES string of the molecule is N#Cc1cc(Br)ccc1NCCCOC1CCOCC1. The average Bonchev–Trinajstić information content (AvgIpc) is 2.49. The molecule has 0 bridgehead atoms. The second-order valence-corrected chi connectivity index (χ2v) is 5.68. The third kappa shape index (κ3) is 4.78. The normalized spacial score (nSPS) is 15.8. The first-order valence-corrected chi connectivity index (χ1v) is 7.72. The van der Waals surface area contributed by atoms with Crippen LogP contribution in [0, 0.1) is 11.3 Å². The van der Waals surface area contributed by atoms with Crippen LogP contribution in [-0.2, 0) is 9.47 Å². The standard InChI is InChI=1S/C15H19BrN2O2/c16-13-2-3-15(12(10-13)11-17)18-6-1-7-20-14-4-8-19-9-5-14/h2-3,10,14,18H,1,4-9H2. The molecule has 1 aliphatic rings. The molecule has 2 rings (SSSR count). The minimum atomic E-state index is 0.353. The van der Waals surface area contributed by atoms with Crippen LogP contribution in [0.1, 0.15) is 24.8 Å². The summed E-state index contributed by atoms with van der Waals surface area (Å²) in [5.41, 5.74) is 1.53. The molecule has 0 unspecified atom stereocenters. The van der Waals surface area contributed by atoms with E-state index in [0.29, 0.717) is 11.7 Å². The average molecular weight is 339 g/mol. The van der Waals surface area contributed by atoms with E-state index in [-0.39, 0.29) is 0 Å². The first kappa shape index (κ1) is 15.3. The second kappa shape index (κ2) is 8.25. The van der Waals surface area contributed by atoms with Crippen LogP contribution < -0.4 is 5.32 Å². The zero-order chi connectivity index (χ0) is 14.2. The largest absolute Gasteiger partial charge is 0.384 e. The molecule has 1 N–H and O–H groups in total. The van der Waals surface area contributed by atoms with Crippen molar-refractivity contribution in [3.05, 3.63) is 28.2 Å². The van der Waals surface area contributed by atoms with Gasteiger partial charge in [-0.05, 0) is 37.5 Å². The molecular formula is C15H19BrN2O2.